The van der Waals surface area contributed by atoms with Crippen LogP contribution in [-0.4, -0.2) is 21.0 Å². The summed E-state index contributed by atoms with van der Waals surface area (Å²) >= 11 is 1.50. The van der Waals surface area contributed by atoms with Gasteiger partial charge in [0.1, 0.15) is 5.76 Å². The van der Waals surface area contributed by atoms with Crippen LogP contribution in [0.3, 0.4) is 0 Å². The number of rotatable bonds is 5. The van der Waals surface area contributed by atoms with Gasteiger partial charge in [-0.3, -0.25) is 14.7 Å². The summed E-state index contributed by atoms with van der Waals surface area (Å²) in [6.07, 6.45) is 3.46. The number of anilines is 1. The minimum Gasteiger partial charge on any atom is -0.361 e. The van der Waals surface area contributed by atoms with E-state index in [4.69, 9.17) is 9.51 Å². The van der Waals surface area contributed by atoms with Crippen LogP contribution in [0.15, 0.2) is 53.3 Å². The van der Waals surface area contributed by atoms with Crippen molar-refractivity contribution in [3.05, 3.63) is 71.4 Å². The number of para-hydroxylation sites is 1. The zero-order chi connectivity index (χ0) is 19.7. The summed E-state index contributed by atoms with van der Waals surface area (Å²) in [5, 5.41) is 4.54. The van der Waals surface area contributed by atoms with Crippen LogP contribution in [0.25, 0.3) is 10.2 Å². The van der Waals surface area contributed by atoms with Gasteiger partial charge in [0.2, 0.25) is 0 Å². The highest BCUT2D eigenvalue weighted by atomic mass is 32.1. The molecule has 0 aliphatic carbocycles. The number of hydrogen-bond donors (Lipinski definition) is 0. The number of aromatic nitrogens is 3. The molecule has 6 nitrogen and oxygen atoms in total. The number of aryl methyl sites for hydroxylation is 1. The Hall–Kier alpha value is -3.06. The van der Waals surface area contributed by atoms with E-state index in [-0.39, 0.29) is 11.6 Å². The molecule has 142 valence electrons. The Labute approximate surface area is 166 Å². The first kappa shape index (κ1) is 18.3. The van der Waals surface area contributed by atoms with Crippen molar-refractivity contribution in [3.63, 3.8) is 0 Å². The van der Waals surface area contributed by atoms with Crippen LogP contribution in [0.1, 0.15) is 47.1 Å². The second kappa shape index (κ2) is 7.52. The van der Waals surface area contributed by atoms with Gasteiger partial charge in [-0.25, -0.2) is 4.98 Å². The van der Waals surface area contributed by atoms with Crippen LogP contribution in [0, 0.1) is 6.92 Å². The molecule has 1 amide bonds. The van der Waals surface area contributed by atoms with E-state index >= 15 is 0 Å². The zero-order valence-electron chi connectivity index (χ0n) is 15.9. The summed E-state index contributed by atoms with van der Waals surface area (Å²) in [6, 6.07) is 11.6. The third-order valence-corrected chi connectivity index (χ3v) is 5.49. The third kappa shape index (κ3) is 3.53. The van der Waals surface area contributed by atoms with Gasteiger partial charge in [0.25, 0.3) is 5.91 Å². The standard InChI is InChI=1S/C21H20N4O2S/c1-13(2)16-7-4-8-18-19(16)23-21(28-18)25(12-15-6-5-9-22-11-15)20(26)17-10-14(3)27-24-17/h4-11,13H,12H2,1-3H3. The SMILES string of the molecule is Cc1cc(C(=O)N(Cc2cccnc2)c2nc3c(C(C)C)cccc3s2)no1. The third-order valence-electron chi connectivity index (χ3n) is 4.45. The van der Waals surface area contributed by atoms with E-state index in [1.54, 1.807) is 30.3 Å². The molecule has 0 spiro atoms. The van der Waals surface area contributed by atoms with Crippen LogP contribution >= 0.6 is 11.3 Å². The molecule has 0 aliphatic rings. The summed E-state index contributed by atoms with van der Waals surface area (Å²) in [5.74, 6) is 0.696. The molecule has 7 heteroatoms. The van der Waals surface area contributed by atoms with E-state index in [0.717, 1.165) is 15.8 Å². The average Bonchev–Trinajstić information content (AvgIpc) is 3.32. The van der Waals surface area contributed by atoms with E-state index in [2.05, 4.69) is 30.1 Å². The van der Waals surface area contributed by atoms with E-state index in [1.165, 1.54) is 16.9 Å². The second-order valence-corrected chi connectivity index (χ2v) is 7.93. The van der Waals surface area contributed by atoms with Crippen molar-refractivity contribution in [1.82, 2.24) is 15.1 Å². The van der Waals surface area contributed by atoms with Gasteiger partial charge in [-0.2, -0.15) is 0 Å². The lowest BCUT2D eigenvalue weighted by atomic mass is 10.0. The predicted octanol–water partition coefficient (Wildman–Crippen LogP) is 4.96. The normalized spacial score (nSPS) is 11.3. The molecule has 0 atom stereocenters. The van der Waals surface area contributed by atoms with Gasteiger partial charge < -0.3 is 4.52 Å². The fourth-order valence-corrected chi connectivity index (χ4v) is 4.04. The zero-order valence-corrected chi connectivity index (χ0v) is 16.7. The number of thiazole rings is 1. The Balaban J connectivity index is 1.79. The van der Waals surface area contributed by atoms with Gasteiger partial charge in [0.15, 0.2) is 10.8 Å². The molecule has 0 N–H and O–H groups in total. The highest BCUT2D eigenvalue weighted by Gasteiger charge is 2.25. The first-order valence-electron chi connectivity index (χ1n) is 9.06. The smallest absolute Gasteiger partial charge is 0.282 e. The topological polar surface area (TPSA) is 72.1 Å². The lowest BCUT2D eigenvalue weighted by molar-refractivity contribution is 0.0976. The van der Waals surface area contributed by atoms with Gasteiger partial charge in [-0.1, -0.05) is 48.5 Å². The molecule has 0 radical (unpaired) electrons. The van der Waals surface area contributed by atoms with Crippen molar-refractivity contribution in [3.8, 4) is 0 Å². The molecule has 4 rings (SSSR count). The van der Waals surface area contributed by atoms with Crippen molar-refractivity contribution in [2.75, 3.05) is 4.90 Å². The van der Waals surface area contributed by atoms with Gasteiger partial charge in [-0.05, 0) is 36.1 Å². The lowest BCUT2D eigenvalue weighted by Gasteiger charge is -2.18. The van der Waals surface area contributed by atoms with Crippen LogP contribution < -0.4 is 4.90 Å². The summed E-state index contributed by atoms with van der Waals surface area (Å²) < 4.78 is 6.16. The van der Waals surface area contributed by atoms with Crippen molar-refractivity contribution in [2.45, 2.75) is 33.2 Å². The Morgan fingerprint density at radius 2 is 2.11 bits per heavy atom. The van der Waals surface area contributed by atoms with Gasteiger partial charge in [0.05, 0.1) is 16.8 Å². The molecule has 4 aromatic rings. The second-order valence-electron chi connectivity index (χ2n) is 6.92. The monoisotopic (exact) mass is 392 g/mol. The molecule has 1 aromatic carbocycles. The number of carbonyl (C=O) groups is 1. The molecular weight excluding hydrogens is 372 g/mol. The molecular formula is C21H20N4O2S. The number of hydrogen-bond acceptors (Lipinski definition) is 6. The average molecular weight is 392 g/mol. The first-order valence-corrected chi connectivity index (χ1v) is 9.88. The number of carbonyl (C=O) groups excluding carboxylic acids is 1. The van der Waals surface area contributed by atoms with Crippen LogP contribution in [-0.2, 0) is 6.54 Å². The quantitative estimate of drug-likeness (QED) is 0.480. The van der Waals surface area contributed by atoms with Gasteiger partial charge in [-0.15, -0.1) is 0 Å². The highest BCUT2D eigenvalue weighted by Crippen LogP contribution is 2.34. The molecule has 0 fully saturated rings. The fraction of sp³-hybridized carbons (Fsp3) is 0.238. The molecule has 0 saturated carbocycles. The predicted molar refractivity (Wildman–Crippen MR) is 110 cm³/mol. The largest absolute Gasteiger partial charge is 0.361 e. The molecule has 0 unspecified atom stereocenters. The maximum atomic E-state index is 13.2. The minimum absolute atomic E-state index is 0.245. The Morgan fingerprint density at radius 1 is 1.25 bits per heavy atom. The van der Waals surface area contributed by atoms with Crippen LogP contribution in [0.5, 0.6) is 0 Å². The van der Waals surface area contributed by atoms with E-state index in [0.29, 0.717) is 23.4 Å². The van der Waals surface area contributed by atoms with Crippen molar-refractivity contribution < 1.29 is 9.32 Å². The Bertz CT molecular complexity index is 1120. The summed E-state index contributed by atoms with van der Waals surface area (Å²) in [7, 11) is 0. The van der Waals surface area contributed by atoms with Gasteiger partial charge in [0, 0.05) is 18.5 Å². The summed E-state index contributed by atoms with van der Waals surface area (Å²) in [6.45, 7) is 6.41. The van der Waals surface area contributed by atoms with Gasteiger partial charge >= 0.3 is 0 Å². The summed E-state index contributed by atoms with van der Waals surface area (Å²) in [4.78, 5) is 23.8. The lowest BCUT2D eigenvalue weighted by Crippen LogP contribution is -2.30. The maximum absolute atomic E-state index is 13.2. The Morgan fingerprint density at radius 3 is 2.79 bits per heavy atom. The first-order chi connectivity index (χ1) is 13.5. The molecule has 0 aliphatic heterocycles. The number of pyridine rings is 1. The molecule has 3 heterocycles. The van der Waals surface area contributed by atoms with Crippen LogP contribution in [0.2, 0.25) is 0 Å². The van der Waals surface area contributed by atoms with Crippen molar-refractivity contribution in [2.24, 2.45) is 0 Å². The molecule has 0 saturated heterocycles. The number of nitrogens with zero attached hydrogens (tertiary/aromatic N) is 4. The fourth-order valence-electron chi connectivity index (χ4n) is 3.05. The van der Waals surface area contributed by atoms with E-state index < -0.39 is 0 Å². The summed E-state index contributed by atoms with van der Waals surface area (Å²) in [5.41, 5.74) is 3.30. The van der Waals surface area contributed by atoms with E-state index in [1.807, 2.05) is 24.3 Å². The van der Waals surface area contributed by atoms with Crippen molar-refractivity contribution >= 4 is 32.6 Å². The minimum atomic E-state index is -0.245. The maximum Gasteiger partial charge on any atom is 0.282 e. The number of benzene rings is 1. The highest BCUT2D eigenvalue weighted by molar-refractivity contribution is 7.22. The van der Waals surface area contributed by atoms with E-state index in [9.17, 15) is 4.79 Å². The van der Waals surface area contributed by atoms with Crippen LogP contribution in [0.4, 0.5) is 5.13 Å². The van der Waals surface area contributed by atoms with Crippen molar-refractivity contribution in [1.29, 1.82) is 0 Å². The molecule has 28 heavy (non-hydrogen) atoms. The number of amides is 1. The molecule has 0 bridgehead atoms. The number of fused-ring (bicyclic) bond motifs is 1. The Kier molecular flexibility index (Phi) is 4.92. The molecule has 3 aromatic heterocycles.